The molecule has 0 saturated carbocycles. The van der Waals surface area contributed by atoms with Crippen LogP contribution in [0, 0.1) is 5.41 Å². The summed E-state index contributed by atoms with van der Waals surface area (Å²) in [6, 6.07) is 0. The van der Waals surface area contributed by atoms with Gasteiger partial charge in [0.1, 0.15) is 6.61 Å². The van der Waals surface area contributed by atoms with Crippen LogP contribution in [0.5, 0.6) is 11.5 Å². The third-order valence-corrected chi connectivity index (χ3v) is 3.63. The second-order valence-electron chi connectivity index (χ2n) is 6.96. The number of hydrogen-bond donors (Lipinski definition) is 0. The van der Waals surface area contributed by atoms with E-state index < -0.39 is 0 Å². The summed E-state index contributed by atoms with van der Waals surface area (Å²) in [6.07, 6.45) is 0.999. The molecule has 1 unspecified atom stereocenters. The van der Waals surface area contributed by atoms with E-state index in [1.54, 1.807) is 11.3 Å². The minimum Gasteiger partial charge on any atom is -0.485 e. The molecule has 1 aromatic rings. The average Bonchev–Trinajstić information content (AvgIpc) is 2.70. The van der Waals surface area contributed by atoms with E-state index in [0.717, 1.165) is 17.9 Å². The molecule has 2 rings (SSSR count). The summed E-state index contributed by atoms with van der Waals surface area (Å²) in [7, 11) is 0. The van der Waals surface area contributed by atoms with Gasteiger partial charge in [-0.05, 0) is 25.7 Å². The van der Waals surface area contributed by atoms with Crippen LogP contribution < -0.4 is 9.47 Å². The molecule has 0 spiro atoms. The predicted octanol–water partition coefficient (Wildman–Crippen LogP) is 4.12. The van der Waals surface area contributed by atoms with Crippen LogP contribution >= 0.6 is 11.3 Å². The zero-order chi connectivity index (χ0) is 14.1. The van der Waals surface area contributed by atoms with Crippen molar-refractivity contribution in [3.05, 3.63) is 10.8 Å². The molecule has 0 fully saturated rings. The zero-order valence-electron chi connectivity index (χ0n) is 12.5. The van der Waals surface area contributed by atoms with E-state index in [-0.39, 0.29) is 17.1 Å². The number of ether oxygens (including phenoxy) is 3. The highest BCUT2D eigenvalue weighted by Crippen LogP contribution is 2.36. The maximum atomic E-state index is 6.03. The summed E-state index contributed by atoms with van der Waals surface area (Å²) in [5.74, 6) is 1.70. The molecule has 0 aliphatic carbocycles. The van der Waals surface area contributed by atoms with Crippen LogP contribution in [0.25, 0.3) is 0 Å². The molecule has 0 N–H and O–H groups in total. The Morgan fingerprint density at radius 3 is 2.58 bits per heavy atom. The van der Waals surface area contributed by atoms with Gasteiger partial charge >= 0.3 is 0 Å². The third kappa shape index (κ3) is 4.39. The maximum Gasteiger partial charge on any atom is 0.172 e. The molecular weight excluding hydrogens is 260 g/mol. The first kappa shape index (κ1) is 14.7. The van der Waals surface area contributed by atoms with Crippen LogP contribution in [0.15, 0.2) is 10.8 Å². The molecule has 1 aromatic heterocycles. The van der Waals surface area contributed by atoms with E-state index in [1.165, 1.54) is 0 Å². The Labute approximate surface area is 119 Å². The lowest BCUT2D eigenvalue weighted by atomic mass is 9.83. The van der Waals surface area contributed by atoms with Crippen LogP contribution in [-0.4, -0.2) is 24.9 Å². The summed E-state index contributed by atoms with van der Waals surface area (Å²) in [6.45, 7) is 12.1. The quantitative estimate of drug-likeness (QED) is 0.832. The summed E-state index contributed by atoms with van der Waals surface area (Å²) in [5.41, 5.74) is 0.116. The van der Waals surface area contributed by atoms with Gasteiger partial charge < -0.3 is 14.2 Å². The van der Waals surface area contributed by atoms with Crippen molar-refractivity contribution in [1.82, 2.24) is 0 Å². The third-order valence-electron chi connectivity index (χ3n) is 2.93. The Balaban J connectivity index is 1.83. The van der Waals surface area contributed by atoms with Gasteiger partial charge in [0.15, 0.2) is 17.6 Å². The highest BCUT2D eigenvalue weighted by Gasteiger charge is 2.29. The van der Waals surface area contributed by atoms with Crippen LogP contribution in [0.2, 0.25) is 0 Å². The maximum absolute atomic E-state index is 6.03. The first-order valence-corrected chi connectivity index (χ1v) is 7.69. The van der Waals surface area contributed by atoms with E-state index in [9.17, 15) is 0 Å². The molecule has 108 valence electrons. The Bertz CT molecular complexity index is 417. The van der Waals surface area contributed by atoms with Crippen molar-refractivity contribution in [2.24, 2.45) is 5.41 Å². The SMILES string of the molecule is CC(C)(C)CC(C)(C)OCC1COc2cscc2O1. The van der Waals surface area contributed by atoms with E-state index in [2.05, 4.69) is 34.6 Å². The summed E-state index contributed by atoms with van der Waals surface area (Å²) >= 11 is 1.60. The van der Waals surface area contributed by atoms with Crippen molar-refractivity contribution in [3.8, 4) is 11.5 Å². The fraction of sp³-hybridized carbons (Fsp3) is 0.733. The largest absolute Gasteiger partial charge is 0.485 e. The topological polar surface area (TPSA) is 27.7 Å². The van der Waals surface area contributed by atoms with Crippen molar-refractivity contribution in [2.75, 3.05) is 13.2 Å². The second-order valence-corrected chi connectivity index (χ2v) is 7.70. The molecule has 0 radical (unpaired) electrons. The van der Waals surface area contributed by atoms with E-state index >= 15 is 0 Å². The second kappa shape index (κ2) is 5.33. The molecule has 1 aliphatic heterocycles. The number of thiophene rings is 1. The average molecular weight is 284 g/mol. The molecule has 4 heteroatoms. The van der Waals surface area contributed by atoms with Crippen LogP contribution in [0.4, 0.5) is 0 Å². The Morgan fingerprint density at radius 2 is 1.89 bits per heavy atom. The van der Waals surface area contributed by atoms with Crippen molar-refractivity contribution >= 4 is 11.3 Å². The predicted molar refractivity (Wildman–Crippen MR) is 78.3 cm³/mol. The number of rotatable bonds is 4. The van der Waals surface area contributed by atoms with E-state index in [0.29, 0.717) is 13.2 Å². The molecule has 2 heterocycles. The fourth-order valence-electron chi connectivity index (χ4n) is 2.59. The van der Waals surface area contributed by atoms with E-state index in [4.69, 9.17) is 14.2 Å². The molecule has 3 nitrogen and oxygen atoms in total. The van der Waals surface area contributed by atoms with Crippen molar-refractivity contribution < 1.29 is 14.2 Å². The minimum absolute atomic E-state index is 0.0126. The lowest BCUT2D eigenvalue weighted by Gasteiger charge is -2.34. The van der Waals surface area contributed by atoms with Crippen molar-refractivity contribution in [1.29, 1.82) is 0 Å². The van der Waals surface area contributed by atoms with Gasteiger partial charge in [-0.2, -0.15) is 0 Å². The van der Waals surface area contributed by atoms with Gasteiger partial charge in [-0.3, -0.25) is 0 Å². The fourth-order valence-corrected chi connectivity index (χ4v) is 3.26. The molecule has 1 aliphatic rings. The van der Waals surface area contributed by atoms with Crippen LogP contribution in [0.1, 0.15) is 41.0 Å². The highest BCUT2D eigenvalue weighted by molar-refractivity contribution is 7.08. The molecule has 0 aromatic carbocycles. The standard InChI is InChI=1S/C15H24O3S/c1-14(2,3)10-15(4,5)17-7-11-6-16-12-8-19-9-13(12)18-11/h8-9,11H,6-7,10H2,1-5H3. The van der Waals surface area contributed by atoms with Crippen molar-refractivity contribution in [2.45, 2.75) is 52.7 Å². The smallest absolute Gasteiger partial charge is 0.172 e. The molecule has 1 atom stereocenters. The lowest BCUT2D eigenvalue weighted by Crippen LogP contribution is -2.38. The van der Waals surface area contributed by atoms with Crippen molar-refractivity contribution in [3.63, 3.8) is 0 Å². The Kier molecular flexibility index (Phi) is 4.11. The monoisotopic (exact) mass is 284 g/mol. The molecule has 0 bridgehead atoms. The minimum atomic E-state index is -0.142. The number of fused-ring (bicyclic) bond motifs is 1. The highest BCUT2D eigenvalue weighted by atomic mass is 32.1. The number of hydrogen-bond acceptors (Lipinski definition) is 4. The van der Waals surface area contributed by atoms with Gasteiger partial charge in [-0.15, -0.1) is 11.3 Å². The summed E-state index contributed by atoms with van der Waals surface area (Å²) in [5, 5.41) is 3.94. The zero-order valence-corrected chi connectivity index (χ0v) is 13.3. The van der Waals surface area contributed by atoms with Gasteiger partial charge in [0.2, 0.25) is 0 Å². The van der Waals surface area contributed by atoms with Crippen LogP contribution in [0.3, 0.4) is 0 Å². The summed E-state index contributed by atoms with van der Waals surface area (Å²) < 4.78 is 17.5. The van der Waals surface area contributed by atoms with Gasteiger partial charge in [-0.25, -0.2) is 0 Å². The summed E-state index contributed by atoms with van der Waals surface area (Å²) in [4.78, 5) is 0. The van der Waals surface area contributed by atoms with Gasteiger partial charge in [0.25, 0.3) is 0 Å². The Hall–Kier alpha value is -0.740. The van der Waals surface area contributed by atoms with Gasteiger partial charge in [-0.1, -0.05) is 20.8 Å². The molecule has 0 saturated heterocycles. The van der Waals surface area contributed by atoms with E-state index in [1.807, 2.05) is 10.8 Å². The van der Waals surface area contributed by atoms with Gasteiger partial charge in [0, 0.05) is 10.8 Å². The Morgan fingerprint density at radius 1 is 1.21 bits per heavy atom. The normalized spacial score (nSPS) is 19.5. The molecule has 19 heavy (non-hydrogen) atoms. The molecular formula is C15H24O3S. The molecule has 0 amide bonds. The van der Waals surface area contributed by atoms with Crippen LogP contribution in [-0.2, 0) is 4.74 Å². The van der Waals surface area contributed by atoms with Gasteiger partial charge in [0.05, 0.1) is 12.2 Å². The first-order valence-electron chi connectivity index (χ1n) is 6.75. The first-order chi connectivity index (χ1) is 8.75. The lowest BCUT2D eigenvalue weighted by molar-refractivity contribution is -0.0830.